The van der Waals surface area contributed by atoms with Crippen LogP contribution in [0.2, 0.25) is 5.02 Å². The van der Waals surface area contributed by atoms with Gasteiger partial charge in [0, 0.05) is 17.4 Å². The van der Waals surface area contributed by atoms with Crippen LogP contribution in [0.25, 0.3) is 11.3 Å². The molecule has 9 heteroatoms. The molecule has 3 aromatic rings. The zero-order chi connectivity index (χ0) is 16.1. The van der Waals surface area contributed by atoms with E-state index in [-0.39, 0.29) is 0 Å². The number of fused-ring (bicyclic) bond motifs is 1. The molecule has 0 aliphatic heterocycles. The molecule has 22 heavy (non-hydrogen) atoms. The number of alkyl halides is 3. The van der Waals surface area contributed by atoms with Crippen molar-refractivity contribution < 1.29 is 13.2 Å². The summed E-state index contributed by atoms with van der Waals surface area (Å²) in [5.41, 5.74) is -0.0206. The monoisotopic (exact) mass is 328 g/mol. The van der Waals surface area contributed by atoms with Gasteiger partial charge in [0.2, 0.25) is 11.5 Å². The molecule has 114 valence electrons. The summed E-state index contributed by atoms with van der Waals surface area (Å²) < 4.78 is 40.1. The maximum Gasteiger partial charge on any atom is 0.452 e. The quantitative estimate of drug-likeness (QED) is 0.690. The van der Waals surface area contributed by atoms with Crippen LogP contribution in [0.5, 0.6) is 0 Å². The lowest BCUT2D eigenvalue weighted by Gasteiger charge is -2.10. The first-order valence-corrected chi connectivity index (χ1v) is 6.47. The average Bonchev–Trinajstić information content (AvgIpc) is 2.88. The van der Waals surface area contributed by atoms with Crippen molar-refractivity contribution in [3.63, 3.8) is 0 Å². The Bertz CT molecular complexity index is 929. The summed E-state index contributed by atoms with van der Waals surface area (Å²) in [6.07, 6.45) is -2.36. The minimum absolute atomic E-state index is 0.408. The molecule has 0 N–H and O–H groups in total. The van der Waals surface area contributed by atoms with E-state index in [1.165, 1.54) is 10.8 Å². The van der Waals surface area contributed by atoms with E-state index in [2.05, 4.69) is 10.2 Å². The largest absolute Gasteiger partial charge is 0.452 e. The van der Waals surface area contributed by atoms with Crippen molar-refractivity contribution in [2.24, 2.45) is 0 Å². The van der Waals surface area contributed by atoms with Gasteiger partial charge in [0.15, 0.2) is 0 Å². The molecule has 2 heterocycles. The van der Waals surface area contributed by atoms with E-state index in [1.54, 1.807) is 25.1 Å². The summed E-state index contributed by atoms with van der Waals surface area (Å²) in [6.45, 7) is 1.71. The predicted octanol–water partition coefficient (Wildman–Crippen LogP) is 2.86. The summed E-state index contributed by atoms with van der Waals surface area (Å²) in [4.78, 5) is 12.4. The van der Waals surface area contributed by atoms with Crippen LogP contribution in [0.3, 0.4) is 0 Å². The van der Waals surface area contributed by atoms with Crippen molar-refractivity contribution in [1.29, 1.82) is 0 Å². The molecule has 1 aromatic carbocycles. The second-order valence-corrected chi connectivity index (χ2v) is 4.98. The van der Waals surface area contributed by atoms with Gasteiger partial charge < -0.3 is 0 Å². The van der Waals surface area contributed by atoms with Gasteiger partial charge in [-0.3, -0.25) is 13.8 Å². The number of hydrogen-bond donors (Lipinski definition) is 0. The molecular formula is C13H8ClF3N4O. The normalized spacial score (nSPS) is 12.0. The molecule has 0 saturated carbocycles. The summed E-state index contributed by atoms with van der Waals surface area (Å²) in [5, 5.41) is 6.85. The molecule has 0 atom stereocenters. The zero-order valence-electron chi connectivity index (χ0n) is 11.1. The fraction of sp³-hybridized carbons (Fsp3) is 0.154. The number of halogens is 4. The van der Waals surface area contributed by atoms with Gasteiger partial charge in [-0.2, -0.15) is 13.2 Å². The van der Waals surface area contributed by atoms with E-state index < -0.39 is 23.2 Å². The summed E-state index contributed by atoms with van der Waals surface area (Å²) in [5.74, 6) is -1.24. The van der Waals surface area contributed by atoms with Crippen molar-refractivity contribution >= 4 is 17.2 Å². The highest BCUT2D eigenvalue weighted by Gasteiger charge is 2.37. The number of nitrogens with zero attached hydrogens (tertiary/aromatic N) is 4. The second-order valence-electron chi connectivity index (χ2n) is 4.57. The van der Waals surface area contributed by atoms with Gasteiger partial charge in [0.05, 0.1) is 5.69 Å². The lowest BCUT2D eigenvalue weighted by Crippen LogP contribution is -2.22. The Kier molecular flexibility index (Phi) is 3.21. The fourth-order valence-corrected chi connectivity index (χ4v) is 2.30. The first-order chi connectivity index (χ1) is 10.3. The standard InChI is InChI=1S/C13H8ClF3N4O/c1-7-8(14)3-2-4-9(7)20-5-6-21-10(11(20)22)18-19-12(21)13(15,16)17/h2-6H,1H3. The Morgan fingerprint density at radius 3 is 2.59 bits per heavy atom. The third-order valence-electron chi connectivity index (χ3n) is 3.22. The molecule has 0 amide bonds. The van der Waals surface area contributed by atoms with Crippen LogP contribution in [0, 0.1) is 6.92 Å². The van der Waals surface area contributed by atoms with Gasteiger partial charge in [-0.05, 0) is 24.6 Å². The average molecular weight is 329 g/mol. The Hall–Kier alpha value is -2.35. The maximum atomic E-state index is 12.8. The van der Waals surface area contributed by atoms with Crippen LogP contribution < -0.4 is 5.56 Å². The zero-order valence-corrected chi connectivity index (χ0v) is 11.9. The maximum absolute atomic E-state index is 12.8. The fourth-order valence-electron chi connectivity index (χ4n) is 2.13. The minimum Gasteiger partial charge on any atom is -0.279 e. The molecule has 0 unspecified atom stereocenters. The van der Waals surface area contributed by atoms with Crippen LogP contribution in [-0.4, -0.2) is 19.2 Å². The van der Waals surface area contributed by atoms with Gasteiger partial charge in [-0.15, -0.1) is 10.2 Å². The molecule has 0 aliphatic carbocycles. The number of rotatable bonds is 1. The highest BCUT2D eigenvalue weighted by atomic mass is 35.5. The molecule has 0 fully saturated rings. The summed E-state index contributed by atoms with van der Waals surface area (Å²) >= 11 is 6.00. The number of benzene rings is 1. The van der Waals surface area contributed by atoms with Gasteiger partial charge >= 0.3 is 11.7 Å². The predicted molar refractivity (Wildman–Crippen MR) is 73.3 cm³/mol. The molecule has 0 spiro atoms. The summed E-state index contributed by atoms with van der Waals surface area (Å²) in [6, 6.07) is 4.94. The Labute approximate surface area is 126 Å². The van der Waals surface area contributed by atoms with Crippen LogP contribution in [0.15, 0.2) is 35.4 Å². The first kappa shape index (κ1) is 14.6. The van der Waals surface area contributed by atoms with Crippen molar-refractivity contribution in [2.45, 2.75) is 13.1 Å². The van der Waals surface area contributed by atoms with E-state index in [9.17, 15) is 18.0 Å². The Morgan fingerprint density at radius 2 is 1.91 bits per heavy atom. The molecule has 0 aliphatic rings. The van der Waals surface area contributed by atoms with E-state index >= 15 is 0 Å². The Balaban J connectivity index is 2.29. The highest BCUT2D eigenvalue weighted by molar-refractivity contribution is 6.31. The van der Waals surface area contributed by atoms with Crippen molar-refractivity contribution in [1.82, 2.24) is 19.2 Å². The van der Waals surface area contributed by atoms with Crippen LogP contribution in [-0.2, 0) is 6.18 Å². The van der Waals surface area contributed by atoms with Crippen molar-refractivity contribution in [3.8, 4) is 5.69 Å². The Morgan fingerprint density at radius 1 is 1.18 bits per heavy atom. The number of aromatic nitrogens is 4. The molecule has 3 rings (SSSR count). The topological polar surface area (TPSA) is 52.2 Å². The lowest BCUT2D eigenvalue weighted by molar-refractivity contribution is -0.145. The highest BCUT2D eigenvalue weighted by Crippen LogP contribution is 2.27. The molecule has 0 saturated heterocycles. The van der Waals surface area contributed by atoms with E-state index in [1.807, 2.05) is 0 Å². The lowest BCUT2D eigenvalue weighted by atomic mass is 10.2. The molecular weight excluding hydrogens is 321 g/mol. The summed E-state index contributed by atoms with van der Waals surface area (Å²) in [7, 11) is 0. The second kappa shape index (κ2) is 4.84. The molecule has 2 aromatic heterocycles. The number of hydrogen-bond acceptors (Lipinski definition) is 3. The molecule has 0 bridgehead atoms. The van der Waals surface area contributed by atoms with Crippen LogP contribution in [0.4, 0.5) is 13.2 Å². The van der Waals surface area contributed by atoms with Gasteiger partial charge in [0.1, 0.15) is 0 Å². The molecule has 5 nitrogen and oxygen atoms in total. The first-order valence-electron chi connectivity index (χ1n) is 6.10. The van der Waals surface area contributed by atoms with Gasteiger partial charge in [0.25, 0.3) is 0 Å². The van der Waals surface area contributed by atoms with Crippen LogP contribution >= 0.6 is 11.6 Å². The molecule has 0 radical (unpaired) electrons. The smallest absolute Gasteiger partial charge is 0.279 e. The van der Waals surface area contributed by atoms with Gasteiger partial charge in [-0.1, -0.05) is 17.7 Å². The van der Waals surface area contributed by atoms with Gasteiger partial charge in [-0.25, -0.2) is 0 Å². The van der Waals surface area contributed by atoms with Crippen molar-refractivity contribution in [3.05, 3.63) is 57.4 Å². The van der Waals surface area contributed by atoms with Crippen LogP contribution in [0.1, 0.15) is 11.4 Å². The minimum atomic E-state index is -4.69. The van der Waals surface area contributed by atoms with E-state index in [0.717, 1.165) is 6.20 Å². The third-order valence-corrected chi connectivity index (χ3v) is 3.63. The SMILES string of the molecule is Cc1c(Cl)cccc1-n1ccn2c(C(F)(F)F)nnc2c1=O. The third kappa shape index (κ3) is 2.16. The van der Waals surface area contributed by atoms with E-state index in [4.69, 9.17) is 11.6 Å². The van der Waals surface area contributed by atoms with Crippen molar-refractivity contribution in [2.75, 3.05) is 0 Å². The van der Waals surface area contributed by atoms with E-state index in [0.29, 0.717) is 20.7 Å².